The molecule has 1 aliphatic rings. The van der Waals surface area contributed by atoms with Gasteiger partial charge in [0, 0.05) is 5.02 Å². The number of carbonyl (C=O) groups is 2. The van der Waals surface area contributed by atoms with E-state index < -0.39 is 12.1 Å². The molecule has 1 N–H and O–H groups in total. The first kappa shape index (κ1) is 14.9. The van der Waals surface area contributed by atoms with Crippen LogP contribution in [-0.4, -0.2) is 28.8 Å². The highest BCUT2D eigenvalue weighted by Gasteiger charge is 2.40. The Hall–Kier alpha value is -1.55. The Morgan fingerprint density at radius 1 is 1.35 bits per heavy atom. The molecule has 4 nitrogen and oxygen atoms in total. The van der Waals surface area contributed by atoms with Crippen LogP contribution >= 0.6 is 11.6 Å². The van der Waals surface area contributed by atoms with Gasteiger partial charge in [-0.3, -0.25) is 9.59 Å². The Morgan fingerprint density at radius 3 is 2.60 bits per heavy atom. The van der Waals surface area contributed by atoms with Crippen molar-refractivity contribution < 1.29 is 9.59 Å². The van der Waals surface area contributed by atoms with E-state index in [0.29, 0.717) is 11.4 Å². The van der Waals surface area contributed by atoms with Crippen LogP contribution in [0, 0.1) is 0 Å². The van der Waals surface area contributed by atoms with Crippen LogP contribution in [0.5, 0.6) is 0 Å². The van der Waals surface area contributed by atoms with E-state index in [4.69, 9.17) is 11.6 Å². The van der Waals surface area contributed by atoms with Crippen molar-refractivity contribution in [2.75, 3.05) is 0 Å². The minimum Gasteiger partial charge on any atom is -0.343 e. The summed E-state index contributed by atoms with van der Waals surface area (Å²) in [6.45, 7) is 5.53. The number of carbonyl (C=O) groups excluding carboxylic acids is 2. The Bertz CT molecular complexity index is 532. The van der Waals surface area contributed by atoms with Crippen LogP contribution in [0.15, 0.2) is 24.3 Å². The lowest BCUT2D eigenvalue weighted by Gasteiger charge is -2.41. The van der Waals surface area contributed by atoms with Gasteiger partial charge in [0.25, 0.3) is 0 Å². The molecule has 5 heteroatoms. The van der Waals surface area contributed by atoms with Gasteiger partial charge in [0.2, 0.25) is 11.8 Å². The number of halogens is 1. The number of rotatable bonds is 3. The van der Waals surface area contributed by atoms with Gasteiger partial charge >= 0.3 is 0 Å². The first-order valence-electron chi connectivity index (χ1n) is 6.84. The fourth-order valence-corrected chi connectivity index (χ4v) is 2.91. The van der Waals surface area contributed by atoms with E-state index in [-0.39, 0.29) is 17.9 Å². The topological polar surface area (TPSA) is 49.4 Å². The molecule has 0 radical (unpaired) electrons. The fourth-order valence-electron chi connectivity index (χ4n) is 2.62. The lowest BCUT2D eigenvalue weighted by molar-refractivity contribution is -0.151. The van der Waals surface area contributed by atoms with Crippen LogP contribution in [0.2, 0.25) is 5.02 Å². The van der Waals surface area contributed by atoms with Crippen LogP contribution < -0.4 is 5.32 Å². The normalized spacial score (nSPS) is 24.5. The summed E-state index contributed by atoms with van der Waals surface area (Å²) in [7, 11) is 0. The Kier molecular flexibility index (Phi) is 4.33. The smallest absolute Gasteiger partial charge is 0.246 e. The predicted molar refractivity (Wildman–Crippen MR) is 78.4 cm³/mol. The maximum atomic E-state index is 12.5. The molecule has 1 aromatic carbocycles. The fraction of sp³-hybridized carbons (Fsp3) is 0.467. The molecule has 1 aliphatic heterocycles. The van der Waals surface area contributed by atoms with Crippen molar-refractivity contribution >= 4 is 23.4 Å². The van der Waals surface area contributed by atoms with Crippen LogP contribution in [0.25, 0.3) is 0 Å². The third kappa shape index (κ3) is 2.52. The molecule has 1 saturated heterocycles. The Labute approximate surface area is 124 Å². The highest BCUT2D eigenvalue weighted by Crippen LogP contribution is 2.30. The van der Waals surface area contributed by atoms with E-state index in [1.54, 1.807) is 17.9 Å². The van der Waals surface area contributed by atoms with E-state index >= 15 is 0 Å². The summed E-state index contributed by atoms with van der Waals surface area (Å²) in [4.78, 5) is 26.1. The molecule has 2 amide bonds. The molecule has 0 aromatic heterocycles. The number of amides is 2. The molecular weight excluding hydrogens is 276 g/mol. The van der Waals surface area contributed by atoms with Crippen LogP contribution in [-0.2, 0) is 9.59 Å². The number of nitrogens with one attached hydrogen (secondary N) is 1. The standard InChI is InChI=1S/C15H19ClN2O2/c1-4-13-15(20)18(10(3)14(19)17-13)9(2)11-7-5-6-8-12(11)16/h5-10,13H,4H2,1-3H3,(H,17,19). The molecule has 0 aliphatic carbocycles. The van der Waals surface area contributed by atoms with Crippen molar-refractivity contribution in [2.24, 2.45) is 0 Å². The summed E-state index contributed by atoms with van der Waals surface area (Å²) in [5.74, 6) is -0.164. The molecule has 1 fully saturated rings. The predicted octanol–water partition coefficient (Wildman–Crippen LogP) is 2.53. The number of benzene rings is 1. The van der Waals surface area contributed by atoms with Gasteiger partial charge in [-0.25, -0.2) is 0 Å². The summed E-state index contributed by atoms with van der Waals surface area (Å²) in [6, 6.07) is 6.26. The third-order valence-corrected chi connectivity index (χ3v) is 4.19. The third-order valence-electron chi connectivity index (χ3n) is 3.85. The van der Waals surface area contributed by atoms with E-state index in [9.17, 15) is 9.59 Å². The van der Waals surface area contributed by atoms with Gasteiger partial charge in [0.05, 0.1) is 6.04 Å². The molecule has 0 bridgehead atoms. The van der Waals surface area contributed by atoms with Crippen molar-refractivity contribution in [2.45, 2.75) is 45.3 Å². The molecule has 108 valence electrons. The van der Waals surface area contributed by atoms with Gasteiger partial charge in [-0.1, -0.05) is 36.7 Å². The second-order valence-electron chi connectivity index (χ2n) is 5.09. The molecule has 20 heavy (non-hydrogen) atoms. The monoisotopic (exact) mass is 294 g/mol. The van der Waals surface area contributed by atoms with Crippen LogP contribution in [0.3, 0.4) is 0 Å². The second kappa shape index (κ2) is 5.83. The lowest BCUT2D eigenvalue weighted by Crippen LogP contribution is -2.62. The molecule has 3 atom stereocenters. The van der Waals surface area contributed by atoms with Gasteiger partial charge in [-0.15, -0.1) is 0 Å². The number of hydrogen-bond donors (Lipinski definition) is 1. The van der Waals surface area contributed by atoms with Crippen LogP contribution in [0.1, 0.15) is 38.8 Å². The zero-order valence-electron chi connectivity index (χ0n) is 11.9. The first-order valence-corrected chi connectivity index (χ1v) is 7.22. The van der Waals surface area contributed by atoms with Gasteiger partial charge in [0.15, 0.2) is 0 Å². The number of hydrogen-bond acceptors (Lipinski definition) is 2. The lowest BCUT2D eigenvalue weighted by atomic mass is 9.99. The van der Waals surface area contributed by atoms with Crippen molar-refractivity contribution in [3.05, 3.63) is 34.9 Å². The van der Waals surface area contributed by atoms with E-state index in [0.717, 1.165) is 5.56 Å². The second-order valence-corrected chi connectivity index (χ2v) is 5.50. The van der Waals surface area contributed by atoms with Gasteiger partial charge in [-0.2, -0.15) is 0 Å². The van der Waals surface area contributed by atoms with Gasteiger partial charge in [0.1, 0.15) is 12.1 Å². The average molecular weight is 295 g/mol. The minimum absolute atomic E-state index is 0.0491. The number of nitrogens with zero attached hydrogens (tertiary/aromatic N) is 1. The average Bonchev–Trinajstić information content (AvgIpc) is 2.43. The summed E-state index contributed by atoms with van der Waals surface area (Å²) in [6.07, 6.45) is 0.586. The highest BCUT2D eigenvalue weighted by molar-refractivity contribution is 6.31. The highest BCUT2D eigenvalue weighted by atomic mass is 35.5. The molecule has 2 rings (SSSR count). The zero-order chi connectivity index (χ0) is 14.9. The maximum absolute atomic E-state index is 12.5. The molecule has 3 unspecified atom stereocenters. The van der Waals surface area contributed by atoms with Crippen molar-refractivity contribution in [3.63, 3.8) is 0 Å². The Morgan fingerprint density at radius 2 is 2.00 bits per heavy atom. The minimum atomic E-state index is -0.489. The summed E-state index contributed by atoms with van der Waals surface area (Å²) in [5, 5.41) is 3.36. The maximum Gasteiger partial charge on any atom is 0.246 e. The quantitative estimate of drug-likeness (QED) is 0.931. The molecule has 0 spiro atoms. The molecule has 1 heterocycles. The van der Waals surface area contributed by atoms with E-state index in [1.807, 2.05) is 32.0 Å². The Balaban J connectivity index is 2.35. The zero-order valence-corrected chi connectivity index (χ0v) is 12.6. The summed E-state index contributed by atoms with van der Waals surface area (Å²) < 4.78 is 0. The van der Waals surface area contributed by atoms with Crippen molar-refractivity contribution in [1.29, 1.82) is 0 Å². The largest absolute Gasteiger partial charge is 0.343 e. The molecule has 0 saturated carbocycles. The van der Waals surface area contributed by atoms with Gasteiger partial charge in [-0.05, 0) is 31.9 Å². The van der Waals surface area contributed by atoms with E-state index in [1.165, 1.54) is 0 Å². The van der Waals surface area contributed by atoms with Crippen LogP contribution in [0.4, 0.5) is 0 Å². The molecular formula is C15H19ClN2O2. The summed E-state index contributed by atoms with van der Waals surface area (Å²) in [5.41, 5.74) is 0.860. The number of piperazine rings is 1. The first-order chi connectivity index (χ1) is 9.47. The van der Waals surface area contributed by atoms with Gasteiger partial charge < -0.3 is 10.2 Å². The van der Waals surface area contributed by atoms with Crippen molar-refractivity contribution in [1.82, 2.24) is 10.2 Å². The molecule has 1 aromatic rings. The summed E-state index contributed by atoms with van der Waals surface area (Å²) >= 11 is 6.20. The van der Waals surface area contributed by atoms with E-state index in [2.05, 4.69) is 5.32 Å². The SMILES string of the molecule is CCC1NC(=O)C(C)N(C(C)c2ccccc2Cl)C1=O. The van der Waals surface area contributed by atoms with Crippen molar-refractivity contribution in [3.8, 4) is 0 Å².